The van der Waals surface area contributed by atoms with Crippen LogP contribution in [-0.2, 0) is 4.74 Å². The Labute approximate surface area is 108 Å². The summed E-state index contributed by atoms with van der Waals surface area (Å²) in [6.07, 6.45) is 4.39. The second kappa shape index (κ2) is 6.75. The summed E-state index contributed by atoms with van der Waals surface area (Å²) < 4.78 is 5.86. The minimum atomic E-state index is 0.361. The Morgan fingerprint density at radius 3 is 2.59 bits per heavy atom. The number of nitrogens with one attached hydrogen (secondary N) is 1. The van der Waals surface area contributed by atoms with E-state index in [4.69, 9.17) is 4.74 Å². The minimum absolute atomic E-state index is 0.361. The summed E-state index contributed by atoms with van der Waals surface area (Å²) in [5, 5.41) is 3.51. The van der Waals surface area contributed by atoms with Gasteiger partial charge in [0.05, 0.1) is 12.7 Å². The molecule has 0 saturated heterocycles. The van der Waals surface area contributed by atoms with Crippen LogP contribution in [0.3, 0.4) is 0 Å². The van der Waals surface area contributed by atoms with E-state index < -0.39 is 0 Å². The zero-order valence-electron chi connectivity index (χ0n) is 12.4. The molecule has 0 spiro atoms. The van der Waals surface area contributed by atoms with Crippen molar-refractivity contribution >= 4 is 0 Å². The van der Waals surface area contributed by atoms with Crippen molar-refractivity contribution in [3.05, 3.63) is 0 Å². The molecule has 0 aromatic rings. The lowest BCUT2D eigenvalue weighted by Crippen LogP contribution is -2.38. The van der Waals surface area contributed by atoms with Gasteiger partial charge in [-0.3, -0.25) is 0 Å². The highest BCUT2D eigenvalue weighted by atomic mass is 16.5. The Bertz CT molecular complexity index is 213. The fraction of sp³-hybridized carbons (Fsp3) is 1.00. The van der Waals surface area contributed by atoms with Crippen LogP contribution in [0.15, 0.2) is 0 Å². The molecule has 0 radical (unpaired) electrons. The molecule has 2 atom stereocenters. The molecule has 102 valence electrons. The molecule has 1 aliphatic carbocycles. The Hall–Kier alpha value is -0.0800. The maximum Gasteiger partial charge on any atom is 0.0519 e. The summed E-state index contributed by atoms with van der Waals surface area (Å²) in [4.78, 5) is 0. The average Bonchev–Trinajstić information content (AvgIpc) is 2.24. The topological polar surface area (TPSA) is 21.3 Å². The van der Waals surface area contributed by atoms with Crippen molar-refractivity contribution in [2.45, 2.75) is 60.0 Å². The summed E-state index contributed by atoms with van der Waals surface area (Å²) in [5.74, 6) is 1.54. The second-order valence-electron chi connectivity index (χ2n) is 6.62. The molecule has 2 nitrogen and oxygen atoms in total. The Morgan fingerprint density at radius 2 is 2.00 bits per heavy atom. The van der Waals surface area contributed by atoms with E-state index in [9.17, 15) is 0 Å². The van der Waals surface area contributed by atoms with Crippen molar-refractivity contribution in [2.75, 3.05) is 19.7 Å². The molecular weight excluding hydrogens is 210 g/mol. The highest BCUT2D eigenvalue weighted by Gasteiger charge is 2.34. The first-order valence-electron chi connectivity index (χ1n) is 7.27. The molecule has 0 heterocycles. The van der Waals surface area contributed by atoms with E-state index in [1.807, 2.05) is 0 Å². The predicted molar refractivity (Wildman–Crippen MR) is 74.2 cm³/mol. The van der Waals surface area contributed by atoms with Gasteiger partial charge >= 0.3 is 0 Å². The van der Waals surface area contributed by atoms with Crippen LogP contribution in [0.2, 0.25) is 0 Å². The van der Waals surface area contributed by atoms with Gasteiger partial charge < -0.3 is 10.1 Å². The molecule has 0 bridgehead atoms. The molecule has 0 aromatic carbocycles. The third kappa shape index (κ3) is 5.39. The van der Waals surface area contributed by atoms with E-state index in [1.54, 1.807) is 0 Å². The van der Waals surface area contributed by atoms with Crippen LogP contribution in [-0.4, -0.2) is 25.8 Å². The fourth-order valence-electron chi connectivity index (χ4n) is 2.90. The van der Waals surface area contributed by atoms with Gasteiger partial charge in [-0.2, -0.15) is 0 Å². The van der Waals surface area contributed by atoms with Crippen LogP contribution in [0.5, 0.6) is 0 Å². The van der Waals surface area contributed by atoms with Gasteiger partial charge in [-0.15, -0.1) is 0 Å². The maximum absolute atomic E-state index is 5.86. The normalized spacial score (nSPS) is 28.6. The quantitative estimate of drug-likeness (QED) is 0.769. The second-order valence-corrected chi connectivity index (χ2v) is 6.62. The van der Waals surface area contributed by atoms with E-state index in [0.29, 0.717) is 11.5 Å². The van der Waals surface area contributed by atoms with Crippen molar-refractivity contribution in [3.63, 3.8) is 0 Å². The molecule has 1 rings (SSSR count). The van der Waals surface area contributed by atoms with Gasteiger partial charge in [-0.1, -0.05) is 20.8 Å². The van der Waals surface area contributed by atoms with Crippen molar-refractivity contribution in [3.8, 4) is 0 Å². The van der Waals surface area contributed by atoms with Crippen molar-refractivity contribution < 1.29 is 4.74 Å². The van der Waals surface area contributed by atoms with Gasteiger partial charge in [0.1, 0.15) is 0 Å². The summed E-state index contributed by atoms with van der Waals surface area (Å²) >= 11 is 0. The van der Waals surface area contributed by atoms with E-state index in [2.05, 4.69) is 39.9 Å². The summed E-state index contributed by atoms with van der Waals surface area (Å²) in [6, 6.07) is 0. The molecule has 1 aliphatic rings. The summed E-state index contributed by atoms with van der Waals surface area (Å²) in [6.45, 7) is 14.4. The largest absolute Gasteiger partial charge is 0.378 e. The average molecular weight is 241 g/mol. The van der Waals surface area contributed by atoms with E-state index >= 15 is 0 Å². The standard InChI is InChI=1S/C15H31NO/c1-6-16-10-13-7-8-15(4,5)9-14(13)11-17-12(2)3/h12-14,16H,6-11H2,1-5H3. The maximum atomic E-state index is 5.86. The van der Waals surface area contributed by atoms with E-state index in [-0.39, 0.29) is 0 Å². The van der Waals surface area contributed by atoms with Crippen LogP contribution in [0, 0.1) is 17.3 Å². The summed E-state index contributed by atoms with van der Waals surface area (Å²) in [5.41, 5.74) is 0.508. The van der Waals surface area contributed by atoms with Gasteiger partial charge in [0.2, 0.25) is 0 Å². The monoisotopic (exact) mass is 241 g/mol. The van der Waals surface area contributed by atoms with E-state index in [1.165, 1.54) is 25.8 Å². The molecule has 0 aromatic heterocycles. The molecule has 1 saturated carbocycles. The third-order valence-electron chi connectivity index (χ3n) is 3.97. The molecule has 17 heavy (non-hydrogen) atoms. The van der Waals surface area contributed by atoms with Crippen LogP contribution >= 0.6 is 0 Å². The highest BCUT2D eigenvalue weighted by Crippen LogP contribution is 2.41. The molecule has 0 aliphatic heterocycles. The first kappa shape index (κ1) is 15.0. The minimum Gasteiger partial charge on any atom is -0.378 e. The fourth-order valence-corrected chi connectivity index (χ4v) is 2.90. The Balaban J connectivity index is 2.49. The molecule has 1 N–H and O–H groups in total. The van der Waals surface area contributed by atoms with Crippen molar-refractivity contribution in [2.24, 2.45) is 17.3 Å². The summed E-state index contributed by atoms with van der Waals surface area (Å²) in [7, 11) is 0. The number of ether oxygens (including phenoxy) is 1. The predicted octanol–water partition coefficient (Wildman–Crippen LogP) is 3.46. The first-order chi connectivity index (χ1) is 7.94. The van der Waals surface area contributed by atoms with Crippen LogP contribution in [0.25, 0.3) is 0 Å². The van der Waals surface area contributed by atoms with Gasteiger partial charge in [-0.25, -0.2) is 0 Å². The number of hydrogen-bond acceptors (Lipinski definition) is 2. The van der Waals surface area contributed by atoms with Gasteiger partial charge in [0.25, 0.3) is 0 Å². The lowest BCUT2D eigenvalue weighted by molar-refractivity contribution is -0.00126. The lowest BCUT2D eigenvalue weighted by Gasteiger charge is -2.41. The lowest BCUT2D eigenvalue weighted by atomic mass is 9.67. The van der Waals surface area contributed by atoms with Gasteiger partial charge in [-0.05, 0) is 63.5 Å². The van der Waals surface area contributed by atoms with Crippen LogP contribution in [0.1, 0.15) is 53.9 Å². The molecular formula is C15H31NO. The highest BCUT2D eigenvalue weighted by molar-refractivity contribution is 4.86. The molecule has 1 fully saturated rings. The van der Waals surface area contributed by atoms with E-state index in [0.717, 1.165) is 25.0 Å². The molecule has 2 heteroatoms. The zero-order chi connectivity index (χ0) is 12.9. The molecule has 0 amide bonds. The third-order valence-corrected chi connectivity index (χ3v) is 3.97. The van der Waals surface area contributed by atoms with Gasteiger partial charge in [0.15, 0.2) is 0 Å². The first-order valence-corrected chi connectivity index (χ1v) is 7.27. The Kier molecular flexibility index (Phi) is 5.94. The number of rotatable bonds is 6. The SMILES string of the molecule is CCNCC1CCC(C)(C)CC1COC(C)C. The molecule has 2 unspecified atom stereocenters. The zero-order valence-corrected chi connectivity index (χ0v) is 12.4. The van der Waals surface area contributed by atoms with Crippen molar-refractivity contribution in [1.29, 1.82) is 0 Å². The smallest absolute Gasteiger partial charge is 0.0519 e. The van der Waals surface area contributed by atoms with Crippen molar-refractivity contribution in [1.82, 2.24) is 5.32 Å². The van der Waals surface area contributed by atoms with Crippen LogP contribution < -0.4 is 5.32 Å². The number of hydrogen-bond donors (Lipinski definition) is 1. The van der Waals surface area contributed by atoms with Gasteiger partial charge in [0, 0.05) is 0 Å². The Morgan fingerprint density at radius 1 is 1.29 bits per heavy atom. The van der Waals surface area contributed by atoms with Crippen LogP contribution in [0.4, 0.5) is 0 Å².